The number of aliphatic hydroxyl groups is 2. The number of nitrogens with zero attached hydrogens (tertiary/aromatic N) is 1. The minimum absolute atomic E-state index is 0.0136. The van der Waals surface area contributed by atoms with Gasteiger partial charge in [0.15, 0.2) is 0 Å². The number of carbonyl (C=O) groups excluding carboxylic acids is 2. The zero-order valence-corrected chi connectivity index (χ0v) is 11.7. The first-order valence-corrected chi connectivity index (χ1v) is 6.38. The third kappa shape index (κ3) is 4.32. The minimum atomic E-state index is -0.779. The molecule has 2 amide bonds. The van der Waals surface area contributed by atoms with E-state index < -0.39 is 11.8 Å². The van der Waals surface area contributed by atoms with Crippen LogP contribution in [0.3, 0.4) is 0 Å². The highest BCUT2D eigenvalue weighted by molar-refractivity contribution is 6.39. The number of nitrogens with one attached hydrogen (secondary N) is 1. The molecule has 0 aliphatic heterocycles. The maximum atomic E-state index is 11.9. The fourth-order valence-electron chi connectivity index (χ4n) is 1.83. The first-order chi connectivity index (χ1) is 9.49. The number of aryl methyl sites for hydroxylation is 2. The van der Waals surface area contributed by atoms with Gasteiger partial charge < -0.3 is 20.4 Å². The summed E-state index contributed by atoms with van der Waals surface area (Å²) in [4.78, 5) is 24.9. The van der Waals surface area contributed by atoms with Crippen molar-refractivity contribution in [1.29, 1.82) is 0 Å². The van der Waals surface area contributed by atoms with Crippen molar-refractivity contribution in [2.45, 2.75) is 13.8 Å². The molecule has 0 atom stereocenters. The number of anilines is 1. The van der Waals surface area contributed by atoms with Crippen molar-refractivity contribution in [2.75, 3.05) is 31.6 Å². The standard InChI is InChI=1S/C14H20N2O4/c1-10-3-4-12(11(2)9-10)15-13(19)14(20)16(5-7-17)6-8-18/h3-4,9,17-18H,5-8H2,1-2H3,(H,15,19). The van der Waals surface area contributed by atoms with Gasteiger partial charge in [0.1, 0.15) is 0 Å². The van der Waals surface area contributed by atoms with E-state index in [2.05, 4.69) is 5.32 Å². The number of hydrogen-bond acceptors (Lipinski definition) is 4. The van der Waals surface area contributed by atoms with Gasteiger partial charge in [-0.05, 0) is 25.5 Å². The molecule has 0 unspecified atom stereocenters. The quantitative estimate of drug-likeness (QED) is 0.665. The molecule has 0 saturated heterocycles. The second kappa shape index (κ2) is 7.62. The van der Waals surface area contributed by atoms with Crippen molar-refractivity contribution >= 4 is 17.5 Å². The van der Waals surface area contributed by atoms with Gasteiger partial charge in [0.05, 0.1) is 13.2 Å². The van der Waals surface area contributed by atoms with E-state index in [1.807, 2.05) is 26.0 Å². The third-order valence-corrected chi connectivity index (χ3v) is 2.85. The Balaban J connectivity index is 2.76. The summed E-state index contributed by atoms with van der Waals surface area (Å²) in [5, 5.41) is 20.2. The van der Waals surface area contributed by atoms with Crippen LogP contribution >= 0.6 is 0 Å². The van der Waals surface area contributed by atoms with Gasteiger partial charge in [0, 0.05) is 18.8 Å². The van der Waals surface area contributed by atoms with Crippen molar-refractivity contribution in [3.63, 3.8) is 0 Å². The van der Waals surface area contributed by atoms with E-state index >= 15 is 0 Å². The topological polar surface area (TPSA) is 89.9 Å². The molecule has 1 aromatic carbocycles. The molecule has 3 N–H and O–H groups in total. The lowest BCUT2D eigenvalue weighted by Gasteiger charge is -2.20. The summed E-state index contributed by atoms with van der Waals surface area (Å²) < 4.78 is 0. The molecule has 6 nitrogen and oxygen atoms in total. The molecule has 20 heavy (non-hydrogen) atoms. The van der Waals surface area contributed by atoms with E-state index in [1.165, 1.54) is 0 Å². The number of carbonyl (C=O) groups is 2. The predicted molar refractivity (Wildman–Crippen MR) is 75.3 cm³/mol. The van der Waals surface area contributed by atoms with Crippen LogP contribution in [0.2, 0.25) is 0 Å². The van der Waals surface area contributed by atoms with Crippen LogP contribution in [0.25, 0.3) is 0 Å². The first-order valence-electron chi connectivity index (χ1n) is 6.38. The van der Waals surface area contributed by atoms with Gasteiger partial charge in [0.25, 0.3) is 0 Å². The summed E-state index contributed by atoms with van der Waals surface area (Å²) in [6, 6.07) is 5.48. The lowest BCUT2D eigenvalue weighted by Crippen LogP contribution is -2.42. The van der Waals surface area contributed by atoms with Gasteiger partial charge in [-0.25, -0.2) is 0 Å². The molecular formula is C14H20N2O4. The minimum Gasteiger partial charge on any atom is -0.395 e. The molecule has 0 bridgehead atoms. The first kappa shape index (κ1) is 16.1. The number of rotatable bonds is 5. The van der Waals surface area contributed by atoms with Crippen molar-refractivity contribution in [3.05, 3.63) is 29.3 Å². The van der Waals surface area contributed by atoms with Crippen LogP contribution in [0.1, 0.15) is 11.1 Å². The maximum Gasteiger partial charge on any atom is 0.313 e. The molecule has 0 saturated carbocycles. The fourth-order valence-corrected chi connectivity index (χ4v) is 1.83. The predicted octanol–water partition coefficient (Wildman–Crippen LogP) is 0.0551. The van der Waals surface area contributed by atoms with Crippen molar-refractivity contribution in [2.24, 2.45) is 0 Å². The Bertz CT molecular complexity index is 482. The van der Waals surface area contributed by atoms with Gasteiger partial charge in [-0.15, -0.1) is 0 Å². The number of aliphatic hydroxyl groups excluding tert-OH is 2. The Labute approximate surface area is 118 Å². The van der Waals surface area contributed by atoms with Gasteiger partial charge in [-0.1, -0.05) is 17.7 Å². The normalized spacial score (nSPS) is 10.2. The van der Waals surface area contributed by atoms with E-state index in [0.717, 1.165) is 16.0 Å². The van der Waals surface area contributed by atoms with Crippen molar-refractivity contribution in [1.82, 2.24) is 4.90 Å². The average Bonchev–Trinajstić information content (AvgIpc) is 2.40. The third-order valence-electron chi connectivity index (χ3n) is 2.85. The highest BCUT2D eigenvalue weighted by Crippen LogP contribution is 2.16. The second-order valence-electron chi connectivity index (χ2n) is 4.51. The smallest absolute Gasteiger partial charge is 0.313 e. The van der Waals surface area contributed by atoms with Crippen LogP contribution in [0.15, 0.2) is 18.2 Å². The molecule has 110 valence electrons. The lowest BCUT2D eigenvalue weighted by molar-refractivity contribution is -0.143. The van der Waals surface area contributed by atoms with E-state index in [4.69, 9.17) is 10.2 Å². The van der Waals surface area contributed by atoms with Crippen LogP contribution in [0, 0.1) is 13.8 Å². The van der Waals surface area contributed by atoms with Gasteiger partial charge >= 0.3 is 11.8 Å². The molecule has 0 aliphatic carbocycles. The summed E-state index contributed by atoms with van der Waals surface area (Å²) in [6.07, 6.45) is 0. The van der Waals surface area contributed by atoms with Crippen molar-refractivity contribution < 1.29 is 19.8 Å². The Morgan fingerprint density at radius 2 is 1.75 bits per heavy atom. The molecule has 0 spiro atoms. The summed E-state index contributed by atoms with van der Waals surface area (Å²) in [7, 11) is 0. The zero-order valence-electron chi connectivity index (χ0n) is 11.7. The van der Waals surface area contributed by atoms with Crippen LogP contribution < -0.4 is 5.32 Å². The molecule has 1 aromatic rings. The van der Waals surface area contributed by atoms with E-state index in [1.54, 1.807) is 6.07 Å². The Kier molecular flexibility index (Phi) is 6.14. The second-order valence-corrected chi connectivity index (χ2v) is 4.51. The van der Waals surface area contributed by atoms with E-state index in [9.17, 15) is 9.59 Å². The zero-order chi connectivity index (χ0) is 15.1. The maximum absolute atomic E-state index is 11.9. The summed E-state index contributed by atoms with van der Waals surface area (Å²) in [5.74, 6) is -1.55. The fraction of sp³-hybridized carbons (Fsp3) is 0.429. The molecule has 1 rings (SSSR count). The highest BCUT2D eigenvalue weighted by Gasteiger charge is 2.21. The van der Waals surface area contributed by atoms with Crippen LogP contribution in [0.5, 0.6) is 0 Å². The molecular weight excluding hydrogens is 260 g/mol. The molecule has 0 aromatic heterocycles. The summed E-state index contributed by atoms with van der Waals surface area (Å²) >= 11 is 0. The average molecular weight is 280 g/mol. The largest absolute Gasteiger partial charge is 0.395 e. The van der Waals surface area contributed by atoms with Crippen LogP contribution in [0.4, 0.5) is 5.69 Å². The molecule has 6 heteroatoms. The SMILES string of the molecule is Cc1ccc(NC(=O)C(=O)N(CCO)CCO)c(C)c1. The number of benzene rings is 1. The lowest BCUT2D eigenvalue weighted by atomic mass is 10.1. The van der Waals surface area contributed by atoms with E-state index in [-0.39, 0.29) is 26.3 Å². The van der Waals surface area contributed by atoms with E-state index in [0.29, 0.717) is 5.69 Å². The molecule has 0 heterocycles. The highest BCUT2D eigenvalue weighted by atomic mass is 16.3. The van der Waals surface area contributed by atoms with Gasteiger partial charge in [0.2, 0.25) is 0 Å². The monoisotopic (exact) mass is 280 g/mol. The number of hydrogen-bond donors (Lipinski definition) is 3. The molecule has 0 fully saturated rings. The van der Waals surface area contributed by atoms with Crippen molar-refractivity contribution in [3.8, 4) is 0 Å². The van der Waals surface area contributed by atoms with Gasteiger partial charge in [-0.3, -0.25) is 9.59 Å². The molecule has 0 aliphatic rings. The Morgan fingerprint density at radius 3 is 2.25 bits per heavy atom. The van der Waals surface area contributed by atoms with Crippen LogP contribution in [-0.2, 0) is 9.59 Å². The molecule has 0 radical (unpaired) electrons. The summed E-state index contributed by atoms with van der Waals surface area (Å²) in [5.41, 5.74) is 2.50. The summed E-state index contributed by atoms with van der Waals surface area (Å²) in [6.45, 7) is 3.28. The Hall–Kier alpha value is -1.92. The number of amides is 2. The van der Waals surface area contributed by atoms with Crippen LogP contribution in [-0.4, -0.2) is 53.2 Å². The van der Waals surface area contributed by atoms with Gasteiger partial charge in [-0.2, -0.15) is 0 Å². The Morgan fingerprint density at radius 1 is 1.15 bits per heavy atom.